The van der Waals surface area contributed by atoms with E-state index in [0.717, 1.165) is 31.5 Å². The molecule has 2 fully saturated rings. The molecule has 1 saturated carbocycles. The molecule has 226 valence electrons. The summed E-state index contributed by atoms with van der Waals surface area (Å²) in [5, 5.41) is 18.2. The quantitative estimate of drug-likeness (QED) is 0.212. The number of nitrogen functional groups attached to an aromatic ring is 1. The van der Waals surface area contributed by atoms with Gasteiger partial charge in [-0.15, -0.1) is 0 Å². The normalized spacial score (nSPS) is 17.8. The molecule has 0 bridgehead atoms. The minimum absolute atomic E-state index is 0.0476. The summed E-state index contributed by atoms with van der Waals surface area (Å²) in [6.45, 7) is 3.46. The second kappa shape index (κ2) is 11.6. The van der Waals surface area contributed by atoms with Crippen LogP contribution >= 0.6 is 0 Å². The van der Waals surface area contributed by atoms with Crippen molar-refractivity contribution in [3.63, 3.8) is 0 Å². The first-order valence-corrected chi connectivity index (χ1v) is 14.3. The molecule has 1 saturated heterocycles. The van der Waals surface area contributed by atoms with Crippen molar-refractivity contribution in [2.24, 2.45) is 0 Å². The fraction of sp³-hybridized carbons (Fsp3) is 0.323. The van der Waals surface area contributed by atoms with Crippen LogP contribution in [0.25, 0.3) is 22.3 Å². The van der Waals surface area contributed by atoms with Crippen LogP contribution < -0.4 is 15.8 Å². The van der Waals surface area contributed by atoms with Crippen molar-refractivity contribution in [3.8, 4) is 28.8 Å². The van der Waals surface area contributed by atoms with Crippen LogP contribution in [0.5, 0.6) is 11.5 Å². The largest absolute Gasteiger partial charge is 0.454 e. The highest BCUT2D eigenvalue weighted by Crippen LogP contribution is 2.39. The number of anilines is 1. The lowest BCUT2D eigenvalue weighted by atomic mass is 10.0. The number of likely N-dealkylation sites (tertiary alicyclic amines) is 1. The number of hydrogen-bond acceptors (Lipinski definition) is 8. The summed E-state index contributed by atoms with van der Waals surface area (Å²) >= 11 is 0. The number of aromatic nitrogens is 4. The molecule has 0 spiro atoms. The number of nitriles is 1. The van der Waals surface area contributed by atoms with Gasteiger partial charge in [-0.3, -0.25) is 4.79 Å². The van der Waals surface area contributed by atoms with E-state index >= 15 is 4.39 Å². The van der Waals surface area contributed by atoms with Crippen LogP contribution in [0.1, 0.15) is 38.6 Å². The van der Waals surface area contributed by atoms with Crippen LogP contribution in [-0.4, -0.2) is 55.7 Å². The van der Waals surface area contributed by atoms with E-state index in [1.54, 1.807) is 15.7 Å². The third-order valence-electron chi connectivity index (χ3n) is 7.98. The van der Waals surface area contributed by atoms with E-state index in [4.69, 9.17) is 15.6 Å². The van der Waals surface area contributed by atoms with Crippen LogP contribution in [0.3, 0.4) is 0 Å². The van der Waals surface area contributed by atoms with Gasteiger partial charge < -0.3 is 20.7 Å². The molecular formula is C31H29F3N8O2. The van der Waals surface area contributed by atoms with Crippen LogP contribution in [0.4, 0.5) is 19.0 Å². The highest BCUT2D eigenvalue weighted by Gasteiger charge is 2.41. The minimum Gasteiger partial charge on any atom is -0.454 e. The number of nitrogens with two attached hydrogens (primary N) is 1. The topological polar surface area (TPSA) is 135 Å². The summed E-state index contributed by atoms with van der Waals surface area (Å²) in [7, 11) is 0. The number of ether oxygens (including phenoxy) is 1. The molecule has 3 N–H and O–H groups in total. The molecular weight excluding hydrogens is 573 g/mol. The zero-order chi connectivity index (χ0) is 31.0. The molecule has 0 unspecified atom stereocenters. The zero-order valence-corrected chi connectivity index (χ0v) is 23.9. The highest BCUT2D eigenvalue weighted by atomic mass is 19.2. The Morgan fingerprint density at radius 3 is 2.77 bits per heavy atom. The minimum atomic E-state index is -1.19. The second-order valence-corrected chi connectivity index (χ2v) is 10.9. The maximum Gasteiger partial charge on any atom is 0.264 e. The van der Waals surface area contributed by atoms with E-state index in [-0.39, 0.29) is 58.2 Å². The van der Waals surface area contributed by atoms with Crippen molar-refractivity contribution < 1.29 is 22.7 Å². The molecule has 3 heterocycles. The maximum absolute atomic E-state index is 15.5. The molecule has 1 atom stereocenters. The van der Waals surface area contributed by atoms with Gasteiger partial charge in [0.25, 0.3) is 5.91 Å². The molecule has 2 aromatic carbocycles. The molecule has 4 aromatic rings. The number of nitrogens with zero attached hydrogens (tertiary/aromatic N) is 6. The van der Waals surface area contributed by atoms with Gasteiger partial charge in [0.15, 0.2) is 17.2 Å². The Balaban J connectivity index is 1.31. The van der Waals surface area contributed by atoms with E-state index in [1.807, 2.05) is 6.92 Å². The number of benzene rings is 2. The Labute approximate surface area is 250 Å². The number of amides is 1. The van der Waals surface area contributed by atoms with Crippen molar-refractivity contribution in [1.29, 1.82) is 5.26 Å². The van der Waals surface area contributed by atoms with Gasteiger partial charge in [0, 0.05) is 30.3 Å². The predicted molar refractivity (Wildman–Crippen MR) is 156 cm³/mol. The summed E-state index contributed by atoms with van der Waals surface area (Å²) in [4.78, 5) is 23.5. The molecule has 6 rings (SSSR count). The average Bonchev–Trinajstić information content (AvgIpc) is 3.67. The van der Waals surface area contributed by atoms with Gasteiger partial charge in [-0.25, -0.2) is 23.4 Å². The number of halogens is 3. The lowest BCUT2D eigenvalue weighted by Crippen LogP contribution is -2.42. The van der Waals surface area contributed by atoms with Crippen molar-refractivity contribution in [1.82, 2.24) is 30.0 Å². The number of hydrogen-bond donors (Lipinski definition) is 2. The Kier molecular flexibility index (Phi) is 7.69. The first-order chi connectivity index (χ1) is 21.2. The third kappa shape index (κ3) is 5.44. The maximum atomic E-state index is 15.5. The molecule has 2 aliphatic rings. The van der Waals surface area contributed by atoms with E-state index in [0.29, 0.717) is 30.4 Å². The standard InChI is InChI=1S/C31H29F3N8O2/c1-2-39-31(10-11-31)14-18(15-35)30(43)41-12-4-5-19(16-41)42-29-25(28(36)37-17-38-29)27(40-42)21-9-8-20(13-23(21)33)44-24-7-3-6-22(32)26(24)34/h3,6-9,13-14,17,19,39H,2,4-5,10-12,16H2,1H3,(H2,36,37,38)/b18-14+/t19-/m1/s1. The van der Waals surface area contributed by atoms with Gasteiger partial charge in [0.1, 0.15) is 41.0 Å². The Bertz CT molecular complexity index is 1830. The van der Waals surface area contributed by atoms with E-state index in [2.05, 4.69) is 21.4 Å². The van der Waals surface area contributed by atoms with Gasteiger partial charge in [-0.1, -0.05) is 13.0 Å². The van der Waals surface area contributed by atoms with E-state index in [1.165, 1.54) is 30.6 Å². The summed E-state index contributed by atoms with van der Waals surface area (Å²) in [6, 6.07) is 9.07. The number of nitrogens with one attached hydrogen (secondary N) is 1. The van der Waals surface area contributed by atoms with Crippen molar-refractivity contribution in [2.45, 2.75) is 44.2 Å². The number of piperidine rings is 1. The number of likely N-dealkylation sites (N-methyl/N-ethyl adjacent to an activating group) is 1. The number of fused-ring (bicyclic) bond motifs is 1. The van der Waals surface area contributed by atoms with E-state index in [9.17, 15) is 18.8 Å². The first-order valence-electron chi connectivity index (χ1n) is 14.3. The molecule has 1 aliphatic carbocycles. The fourth-order valence-electron chi connectivity index (χ4n) is 5.67. The summed E-state index contributed by atoms with van der Waals surface area (Å²) < 4.78 is 50.3. The molecule has 0 radical (unpaired) electrons. The number of carbonyl (C=O) groups is 1. The average molecular weight is 603 g/mol. The van der Waals surface area contributed by atoms with Crippen molar-refractivity contribution in [3.05, 3.63) is 71.8 Å². The third-order valence-corrected chi connectivity index (χ3v) is 7.98. The monoisotopic (exact) mass is 602 g/mol. The molecule has 10 nitrogen and oxygen atoms in total. The highest BCUT2D eigenvalue weighted by molar-refractivity contribution is 5.99. The van der Waals surface area contributed by atoms with Crippen molar-refractivity contribution in [2.75, 3.05) is 25.4 Å². The lowest BCUT2D eigenvalue weighted by Gasteiger charge is -2.33. The van der Waals surface area contributed by atoms with Gasteiger partial charge in [-0.05, 0) is 62.6 Å². The van der Waals surface area contributed by atoms with Gasteiger partial charge >= 0.3 is 0 Å². The van der Waals surface area contributed by atoms with Crippen LogP contribution in [-0.2, 0) is 4.79 Å². The summed E-state index contributed by atoms with van der Waals surface area (Å²) in [5.41, 5.74) is 6.65. The van der Waals surface area contributed by atoms with Gasteiger partial charge in [-0.2, -0.15) is 14.8 Å². The van der Waals surface area contributed by atoms with Crippen LogP contribution in [0.15, 0.2) is 54.4 Å². The Morgan fingerprint density at radius 1 is 1.23 bits per heavy atom. The second-order valence-electron chi connectivity index (χ2n) is 10.9. The van der Waals surface area contributed by atoms with Crippen LogP contribution in [0, 0.1) is 28.8 Å². The first kappa shape index (κ1) is 29.1. The zero-order valence-electron chi connectivity index (χ0n) is 23.9. The van der Waals surface area contributed by atoms with Crippen molar-refractivity contribution >= 4 is 22.8 Å². The number of carbonyl (C=O) groups excluding carboxylic acids is 1. The number of rotatable bonds is 8. The molecule has 44 heavy (non-hydrogen) atoms. The Hall–Kier alpha value is -4.96. The lowest BCUT2D eigenvalue weighted by molar-refractivity contribution is -0.128. The summed E-state index contributed by atoms with van der Waals surface area (Å²) in [5.74, 6) is -3.70. The van der Waals surface area contributed by atoms with E-state index < -0.39 is 17.5 Å². The summed E-state index contributed by atoms with van der Waals surface area (Å²) in [6.07, 6.45) is 6.09. The molecule has 13 heteroatoms. The SMILES string of the molecule is CCNC1(/C=C(\C#N)C(=O)N2CCC[C@@H](n3nc(-c4ccc(Oc5cccc(F)c5F)cc4F)c4c(N)ncnc43)C2)CC1. The molecule has 2 aromatic heterocycles. The van der Waals surface area contributed by atoms with Gasteiger partial charge in [0.2, 0.25) is 5.82 Å². The Morgan fingerprint density at radius 2 is 2.05 bits per heavy atom. The molecule has 1 amide bonds. The molecule has 1 aliphatic heterocycles. The predicted octanol–water partition coefficient (Wildman–Crippen LogP) is 5.04. The smallest absolute Gasteiger partial charge is 0.264 e. The fourth-order valence-corrected chi connectivity index (χ4v) is 5.67. The van der Waals surface area contributed by atoms with Gasteiger partial charge in [0.05, 0.1) is 11.4 Å². The van der Waals surface area contributed by atoms with Crippen LogP contribution in [0.2, 0.25) is 0 Å².